The van der Waals surface area contributed by atoms with Gasteiger partial charge in [0.15, 0.2) is 0 Å². The summed E-state index contributed by atoms with van der Waals surface area (Å²) in [6.45, 7) is 6.14. The van der Waals surface area contributed by atoms with Gasteiger partial charge in [0.25, 0.3) is 0 Å². The monoisotopic (exact) mass is 217 g/mol. The summed E-state index contributed by atoms with van der Waals surface area (Å²) < 4.78 is 5.32. The molecule has 0 bridgehead atoms. The molecule has 0 radical (unpaired) electrons. The van der Waals surface area contributed by atoms with Crippen molar-refractivity contribution in [2.24, 2.45) is 5.92 Å². The van der Waals surface area contributed by atoms with Gasteiger partial charge in [-0.3, -0.25) is 0 Å². The molecule has 0 heterocycles. The number of aryl methyl sites for hydroxylation is 2. The molecule has 0 aliphatic carbocycles. The Morgan fingerprint density at radius 1 is 1.31 bits per heavy atom. The minimum Gasteiger partial charge on any atom is -0.496 e. The number of hydrogen-bond acceptors (Lipinski definition) is 2. The summed E-state index contributed by atoms with van der Waals surface area (Å²) in [6, 6.07) is 6.57. The second kappa shape index (κ2) is 5.55. The Morgan fingerprint density at radius 2 is 1.88 bits per heavy atom. The molecule has 1 aromatic rings. The molecule has 16 heavy (non-hydrogen) atoms. The average Bonchev–Trinajstić information content (AvgIpc) is 2.25. The minimum absolute atomic E-state index is 0.118. The average molecular weight is 217 g/mol. The van der Waals surface area contributed by atoms with Gasteiger partial charge in [-0.25, -0.2) is 0 Å². The van der Waals surface area contributed by atoms with Crippen molar-refractivity contribution >= 4 is 0 Å². The van der Waals surface area contributed by atoms with Crippen molar-refractivity contribution < 1.29 is 4.74 Å². The Morgan fingerprint density at radius 3 is 2.25 bits per heavy atom. The molecule has 1 rings (SSSR count). The number of benzene rings is 1. The van der Waals surface area contributed by atoms with Crippen molar-refractivity contribution in [3.8, 4) is 11.8 Å². The van der Waals surface area contributed by atoms with Gasteiger partial charge in [0.1, 0.15) is 5.75 Å². The maximum absolute atomic E-state index is 8.95. The van der Waals surface area contributed by atoms with Crippen LogP contribution in [-0.4, -0.2) is 7.11 Å². The highest BCUT2D eigenvalue weighted by Gasteiger charge is 2.09. The summed E-state index contributed by atoms with van der Waals surface area (Å²) in [6.07, 6.45) is 1.74. The Hall–Kier alpha value is -1.49. The van der Waals surface area contributed by atoms with Crippen molar-refractivity contribution in [3.05, 3.63) is 28.8 Å². The smallest absolute Gasteiger partial charge is 0.124 e. The normalized spacial score (nSPS) is 11.9. The predicted molar refractivity (Wildman–Crippen MR) is 65.6 cm³/mol. The summed E-state index contributed by atoms with van der Waals surface area (Å²) >= 11 is 0. The molecule has 0 amide bonds. The molecule has 2 nitrogen and oxygen atoms in total. The highest BCUT2D eigenvalue weighted by molar-refractivity contribution is 5.43. The molecule has 1 atom stereocenters. The van der Waals surface area contributed by atoms with Crippen LogP contribution in [0.2, 0.25) is 0 Å². The highest BCUT2D eigenvalue weighted by Crippen LogP contribution is 2.25. The van der Waals surface area contributed by atoms with Gasteiger partial charge in [-0.2, -0.15) is 5.26 Å². The zero-order valence-electron chi connectivity index (χ0n) is 10.5. The fourth-order valence-corrected chi connectivity index (χ4v) is 2.05. The Bertz CT molecular complexity index is 381. The van der Waals surface area contributed by atoms with Crippen molar-refractivity contribution in [1.29, 1.82) is 5.26 Å². The van der Waals surface area contributed by atoms with E-state index < -0.39 is 0 Å². The largest absolute Gasteiger partial charge is 0.496 e. The van der Waals surface area contributed by atoms with Gasteiger partial charge in [-0.1, -0.05) is 19.1 Å². The van der Waals surface area contributed by atoms with Crippen LogP contribution in [0.15, 0.2) is 12.1 Å². The first-order valence-corrected chi connectivity index (χ1v) is 5.66. The summed E-state index contributed by atoms with van der Waals surface area (Å²) in [5.41, 5.74) is 3.51. The molecule has 0 aliphatic rings. The van der Waals surface area contributed by atoms with Crippen LogP contribution in [0.3, 0.4) is 0 Å². The Balaban J connectivity index is 2.96. The molecule has 0 aliphatic heterocycles. The molecule has 0 N–H and O–H groups in total. The van der Waals surface area contributed by atoms with E-state index in [0.29, 0.717) is 0 Å². The van der Waals surface area contributed by atoms with Crippen LogP contribution in [0.1, 0.15) is 30.0 Å². The van der Waals surface area contributed by atoms with E-state index in [4.69, 9.17) is 10.00 Å². The second-order valence-electron chi connectivity index (χ2n) is 4.20. The molecule has 0 spiro atoms. The number of nitriles is 1. The third-order valence-electron chi connectivity index (χ3n) is 2.88. The molecule has 0 aromatic heterocycles. The van der Waals surface area contributed by atoms with E-state index in [1.54, 1.807) is 7.11 Å². The van der Waals surface area contributed by atoms with Crippen molar-refractivity contribution in [2.75, 3.05) is 7.11 Å². The molecular formula is C14H19NO. The van der Waals surface area contributed by atoms with E-state index in [0.717, 1.165) is 29.7 Å². The molecule has 86 valence electrons. The van der Waals surface area contributed by atoms with Gasteiger partial charge in [0.05, 0.1) is 19.1 Å². The fraction of sp³-hybridized carbons (Fsp3) is 0.500. The van der Waals surface area contributed by atoms with Gasteiger partial charge < -0.3 is 4.74 Å². The predicted octanol–water partition coefficient (Wildman–Crippen LogP) is 3.40. The lowest BCUT2D eigenvalue weighted by molar-refractivity contribution is 0.408. The van der Waals surface area contributed by atoms with Crippen molar-refractivity contribution in [2.45, 2.75) is 33.6 Å². The Labute approximate surface area is 97.9 Å². The van der Waals surface area contributed by atoms with Crippen LogP contribution in [0.4, 0.5) is 0 Å². The first-order valence-electron chi connectivity index (χ1n) is 5.66. The molecule has 2 heteroatoms. The van der Waals surface area contributed by atoms with Crippen LogP contribution in [-0.2, 0) is 6.42 Å². The maximum atomic E-state index is 8.95. The SMILES string of the molecule is CCC(C#N)Cc1cc(C)c(OC)c(C)c1. The number of hydrogen-bond donors (Lipinski definition) is 0. The highest BCUT2D eigenvalue weighted by atomic mass is 16.5. The fourth-order valence-electron chi connectivity index (χ4n) is 2.05. The summed E-state index contributed by atoms with van der Waals surface area (Å²) in [5, 5.41) is 8.95. The summed E-state index contributed by atoms with van der Waals surface area (Å²) in [4.78, 5) is 0. The lowest BCUT2D eigenvalue weighted by Crippen LogP contribution is -2.02. The molecule has 1 unspecified atom stereocenters. The molecular weight excluding hydrogens is 198 g/mol. The lowest BCUT2D eigenvalue weighted by Gasteiger charge is -2.12. The van der Waals surface area contributed by atoms with E-state index in [1.807, 2.05) is 13.8 Å². The maximum Gasteiger partial charge on any atom is 0.124 e. The molecule has 0 saturated carbocycles. The first-order chi connectivity index (χ1) is 7.62. The van der Waals surface area contributed by atoms with Crippen LogP contribution >= 0.6 is 0 Å². The van der Waals surface area contributed by atoms with Crippen LogP contribution in [0, 0.1) is 31.1 Å². The van der Waals surface area contributed by atoms with Gasteiger partial charge in [0, 0.05) is 0 Å². The standard InChI is InChI=1S/C14H19NO/c1-5-12(9-15)8-13-6-10(2)14(16-4)11(3)7-13/h6-7,12H,5,8H2,1-4H3. The van der Waals surface area contributed by atoms with E-state index in [9.17, 15) is 0 Å². The van der Waals surface area contributed by atoms with Crippen LogP contribution in [0.5, 0.6) is 5.75 Å². The number of rotatable bonds is 4. The summed E-state index contributed by atoms with van der Waals surface area (Å²) in [7, 11) is 1.69. The van der Waals surface area contributed by atoms with Crippen molar-refractivity contribution in [3.63, 3.8) is 0 Å². The van der Waals surface area contributed by atoms with Gasteiger partial charge in [-0.15, -0.1) is 0 Å². The van der Waals surface area contributed by atoms with E-state index in [-0.39, 0.29) is 5.92 Å². The van der Waals surface area contributed by atoms with E-state index in [1.165, 1.54) is 5.56 Å². The van der Waals surface area contributed by atoms with Crippen LogP contribution in [0.25, 0.3) is 0 Å². The van der Waals surface area contributed by atoms with Crippen molar-refractivity contribution in [1.82, 2.24) is 0 Å². The van der Waals surface area contributed by atoms with E-state index in [2.05, 4.69) is 25.1 Å². The molecule has 0 saturated heterocycles. The number of ether oxygens (including phenoxy) is 1. The first kappa shape index (κ1) is 12.6. The Kier molecular flexibility index (Phi) is 4.37. The topological polar surface area (TPSA) is 33.0 Å². The van der Waals surface area contributed by atoms with E-state index >= 15 is 0 Å². The van der Waals surface area contributed by atoms with Crippen LogP contribution < -0.4 is 4.74 Å². The third kappa shape index (κ3) is 2.76. The zero-order valence-corrected chi connectivity index (χ0v) is 10.5. The quantitative estimate of drug-likeness (QED) is 0.774. The molecule has 0 fully saturated rings. The zero-order chi connectivity index (χ0) is 12.1. The van der Waals surface area contributed by atoms with Gasteiger partial charge in [0.2, 0.25) is 0 Å². The van der Waals surface area contributed by atoms with Gasteiger partial charge >= 0.3 is 0 Å². The van der Waals surface area contributed by atoms with Gasteiger partial charge in [-0.05, 0) is 43.4 Å². The lowest BCUT2D eigenvalue weighted by atomic mass is 9.95. The molecule has 1 aromatic carbocycles. The number of methoxy groups -OCH3 is 1. The minimum atomic E-state index is 0.118. The second-order valence-corrected chi connectivity index (χ2v) is 4.20. The third-order valence-corrected chi connectivity index (χ3v) is 2.88. The summed E-state index contributed by atoms with van der Waals surface area (Å²) in [5.74, 6) is 1.07. The number of nitrogens with zero attached hydrogens (tertiary/aromatic N) is 1.